The Bertz CT molecular complexity index is 1130. The number of ketones is 1. The molecule has 8 heteroatoms. The standard InChI is InChI=1S/C26H27ClN4O3/c1-34-22-11-4-19(5-12-22)6-13-24(32)20-7-9-21(10-8-20)30-15-17-31(18-16-30)26(33)29-23-3-2-14-28-25(23)27/h2-5,7-12,14H,6,13,15-18H2,1H3,(H,29,33). The number of hydrogen-bond acceptors (Lipinski definition) is 5. The van der Waals surface area contributed by atoms with Gasteiger partial charge >= 0.3 is 6.03 Å². The van der Waals surface area contributed by atoms with Gasteiger partial charge in [-0.2, -0.15) is 0 Å². The molecule has 1 aliphatic heterocycles. The summed E-state index contributed by atoms with van der Waals surface area (Å²) < 4.78 is 5.17. The highest BCUT2D eigenvalue weighted by atomic mass is 35.5. The largest absolute Gasteiger partial charge is 0.497 e. The number of hydrogen-bond donors (Lipinski definition) is 1. The van der Waals surface area contributed by atoms with Gasteiger partial charge in [0.25, 0.3) is 0 Å². The number of nitrogens with zero attached hydrogens (tertiary/aromatic N) is 3. The van der Waals surface area contributed by atoms with Gasteiger partial charge in [-0.15, -0.1) is 0 Å². The van der Waals surface area contributed by atoms with Gasteiger partial charge in [0.05, 0.1) is 12.8 Å². The maximum absolute atomic E-state index is 12.6. The fourth-order valence-corrected chi connectivity index (χ4v) is 4.06. The molecule has 0 spiro atoms. The molecule has 2 amide bonds. The van der Waals surface area contributed by atoms with E-state index < -0.39 is 0 Å². The summed E-state index contributed by atoms with van der Waals surface area (Å²) in [5.41, 5.74) is 3.37. The monoisotopic (exact) mass is 478 g/mol. The highest BCUT2D eigenvalue weighted by Gasteiger charge is 2.22. The minimum Gasteiger partial charge on any atom is -0.497 e. The number of urea groups is 1. The van der Waals surface area contributed by atoms with Crippen LogP contribution in [0.5, 0.6) is 5.75 Å². The summed E-state index contributed by atoms with van der Waals surface area (Å²) in [5, 5.41) is 3.09. The Kier molecular flexibility index (Phi) is 7.65. The Balaban J connectivity index is 1.26. The Morgan fingerprint density at radius 1 is 1.00 bits per heavy atom. The number of methoxy groups -OCH3 is 1. The third-order valence-electron chi connectivity index (χ3n) is 5.92. The van der Waals surface area contributed by atoms with Crippen molar-refractivity contribution < 1.29 is 14.3 Å². The molecule has 34 heavy (non-hydrogen) atoms. The van der Waals surface area contributed by atoms with Crippen LogP contribution in [0.15, 0.2) is 66.9 Å². The molecule has 176 valence electrons. The molecule has 0 unspecified atom stereocenters. The second-order valence-electron chi connectivity index (χ2n) is 8.06. The summed E-state index contributed by atoms with van der Waals surface area (Å²) in [6.07, 6.45) is 2.73. The summed E-state index contributed by atoms with van der Waals surface area (Å²) in [6, 6.07) is 18.8. The molecule has 1 aromatic heterocycles. The number of anilines is 2. The number of halogens is 1. The number of pyridine rings is 1. The first-order valence-corrected chi connectivity index (χ1v) is 11.6. The Labute approximate surface area is 204 Å². The number of aromatic nitrogens is 1. The van der Waals surface area contributed by atoms with Crippen molar-refractivity contribution in [3.8, 4) is 5.75 Å². The summed E-state index contributed by atoms with van der Waals surface area (Å²) in [4.78, 5) is 33.1. The van der Waals surface area contributed by atoms with Crippen molar-refractivity contribution in [2.75, 3.05) is 43.5 Å². The molecule has 4 rings (SSSR count). The first-order valence-electron chi connectivity index (χ1n) is 11.2. The van der Waals surface area contributed by atoms with Crippen molar-refractivity contribution in [2.24, 2.45) is 0 Å². The number of ether oxygens (including phenoxy) is 1. The predicted octanol–water partition coefficient (Wildman–Crippen LogP) is 4.91. The summed E-state index contributed by atoms with van der Waals surface area (Å²) in [6.45, 7) is 2.59. The highest BCUT2D eigenvalue weighted by molar-refractivity contribution is 6.32. The van der Waals surface area contributed by atoms with Crippen LogP contribution in [-0.2, 0) is 6.42 Å². The normalized spacial score (nSPS) is 13.5. The number of carbonyl (C=O) groups excluding carboxylic acids is 2. The lowest BCUT2D eigenvalue weighted by Crippen LogP contribution is -2.50. The summed E-state index contributed by atoms with van der Waals surface area (Å²) in [7, 11) is 1.64. The van der Waals surface area contributed by atoms with E-state index in [0.717, 1.165) is 17.0 Å². The average Bonchev–Trinajstić information content (AvgIpc) is 2.89. The zero-order valence-electron chi connectivity index (χ0n) is 19.0. The lowest BCUT2D eigenvalue weighted by molar-refractivity contribution is 0.0983. The minimum absolute atomic E-state index is 0.123. The number of Topliss-reactive ketones (excluding diaryl/α,β-unsaturated/α-hetero) is 1. The van der Waals surface area contributed by atoms with Crippen LogP contribution in [0.3, 0.4) is 0 Å². The number of carbonyl (C=O) groups is 2. The van der Waals surface area contributed by atoms with E-state index in [4.69, 9.17) is 16.3 Å². The van der Waals surface area contributed by atoms with Crippen molar-refractivity contribution in [1.82, 2.24) is 9.88 Å². The van der Waals surface area contributed by atoms with E-state index in [2.05, 4.69) is 15.2 Å². The third-order valence-corrected chi connectivity index (χ3v) is 6.22. The molecule has 0 atom stereocenters. The molecule has 2 heterocycles. The molecule has 2 aromatic carbocycles. The summed E-state index contributed by atoms with van der Waals surface area (Å²) in [5.74, 6) is 0.933. The van der Waals surface area contributed by atoms with Gasteiger partial charge in [0.2, 0.25) is 0 Å². The number of rotatable bonds is 7. The van der Waals surface area contributed by atoms with Crippen LogP contribution in [-0.4, -0.2) is 55.0 Å². The quantitative estimate of drug-likeness (QED) is 0.385. The van der Waals surface area contributed by atoms with Crippen molar-refractivity contribution in [3.63, 3.8) is 0 Å². The highest BCUT2D eigenvalue weighted by Crippen LogP contribution is 2.21. The molecule has 0 aliphatic carbocycles. The van der Waals surface area contributed by atoms with Crippen molar-refractivity contribution in [1.29, 1.82) is 0 Å². The fraction of sp³-hybridized carbons (Fsp3) is 0.269. The molecule has 1 saturated heterocycles. The molecular formula is C26H27ClN4O3. The second-order valence-corrected chi connectivity index (χ2v) is 8.42. The summed E-state index contributed by atoms with van der Waals surface area (Å²) >= 11 is 6.03. The fourth-order valence-electron chi connectivity index (χ4n) is 3.89. The molecule has 1 aliphatic rings. The van der Waals surface area contributed by atoms with E-state index in [-0.39, 0.29) is 17.0 Å². The van der Waals surface area contributed by atoms with Crippen molar-refractivity contribution in [3.05, 3.63) is 83.1 Å². The number of nitrogens with one attached hydrogen (secondary N) is 1. The topological polar surface area (TPSA) is 74.8 Å². The van der Waals surface area contributed by atoms with Crippen LogP contribution in [0.2, 0.25) is 5.15 Å². The average molecular weight is 479 g/mol. The van der Waals surface area contributed by atoms with Gasteiger partial charge in [-0.25, -0.2) is 9.78 Å². The van der Waals surface area contributed by atoms with Crippen LogP contribution < -0.4 is 15.0 Å². The SMILES string of the molecule is COc1ccc(CCC(=O)c2ccc(N3CCN(C(=O)Nc4cccnc4Cl)CC3)cc2)cc1. The first-order chi connectivity index (χ1) is 16.5. The molecule has 1 N–H and O–H groups in total. The third kappa shape index (κ3) is 5.85. The van der Waals surface area contributed by atoms with E-state index in [0.29, 0.717) is 50.3 Å². The van der Waals surface area contributed by atoms with E-state index in [9.17, 15) is 9.59 Å². The lowest BCUT2D eigenvalue weighted by atomic mass is 10.0. The second kappa shape index (κ2) is 11.0. The van der Waals surface area contributed by atoms with Gasteiger partial charge in [0.15, 0.2) is 10.9 Å². The van der Waals surface area contributed by atoms with Gasteiger partial charge in [0, 0.05) is 50.0 Å². The minimum atomic E-state index is -0.188. The van der Waals surface area contributed by atoms with E-state index >= 15 is 0 Å². The Hall–Kier alpha value is -3.58. The lowest BCUT2D eigenvalue weighted by Gasteiger charge is -2.36. The molecular weight excluding hydrogens is 452 g/mol. The van der Waals surface area contributed by atoms with Crippen molar-refractivity contribution in [2.45, 2.75) is 12.8 Å². The zero-order chi connectivity index (χ0) is 23.9. The Morgan fingerprint density at radius 3 is 2.35 bits per heavy atom. The van der Waals surface area contributed by atoms with E-state index in [1.807, 2.05) is 48.5 Å². The molecule has 0 saturated carbocycles. The molecule has 0 radical (unpaired) electrons. The van der Waals surface area contributed by atoms with Crippen LogP contribution >= 0.6 is 11.6 Å². The number of amides is 2. The number of piperazine rings is 1. The molecule has 7 nitrogen and oxygen atoms in total. The van der Waals surface area contributed by atoms with E-state index in [1.165, 1.54) is 0 Å². The number of benzene rings is 2. The van der Waals surface area contributed by atoms with Crippen LogP contribution in [0, 0.1) is 0 Å². The molecule has 3 aromatic rings. The van der Waals surface area contributed by atoms with E-state index in [1.54, 1.807) is 30.3 Å². The van der Waals surface area contributed by atoms with Crippen LogP contribution in [0.4, 0.5) is 16.2 Å². The first kappa shape index (κ1) is 23.6. The zero-order valence-corrected chi connectivity index (χ0v) is 19.8. The van der Waals surface area contributed by atoms with Crippen LogP contribution in [0.25, 0.3) is 0 Å². The maximum Gasteiger partial charge on any atom is 0.322 e. The number of aryl methyl sites for hydroxylation is 1. The predicted molar refractivity (Wildman–Crippen MR) is 134 cm³/mol. The smallest absolute Gasteiger partial charge is 0.322 e. The van der Waals surface area contributed by atoms with Gasteiger partial charge in [-0.1, -0.05) is 23.7 Å². The van der Waals surface area contributed by atoms with Gasteiger partial charge < -0.3 is 19.9 Å². The molecule has 0 bridgehead atoms. The van der Waals surface area contributed by atoms with Crippen molar-refractivity contribution >= 4 is 34.8 Å². The van der Waals surface area contributed by atoms with Gasteiger partial charge in [-0.3, -0.25) is 4.79 Å². The van der Waals surface area contributed by atoms with Gasteiger partial charge in [0.1, 0.15) is 5.75 Å². The van der Waals surface area contributed by atoms with Gasteiger partial charge in [-0.05, 0) is 60.5 Å². The molecule has 1 fully saturated rings. The van der Waals surface area contributed by atoms with Crippen LogP contribution in [0.1, 0.15) is 22.3 Å². The Morgan fingerprint density at radius 2 is 1.71 bits per heavy atom. The maximum atomic E-state index is 12.6.